The standard InChI is InChI=1S/C14H26N2O3/c1-2-19-14(18)16-9-7-11(8-10-16)15-12-5-3-4-6-13(12)17/h11-13,15,17H,2-10H2,1H3/t12-,13-/m1/s1. The second-order valence-electron chi connectivity index (χ2n) is 5.59. The highest BCUT2D eigenvalue weighted by Crippen LogP contribution is 2.21. The Kier molecular flexibility index (Phi) is 5.45. The van der Waals surface area contributed by atoms with E-state index in [0.29, 0.717) is 12.6 Å². The van der Waals surface area contributed by atoms with Crippen molar-refractivity contribution in [2.45, 2.75) is 63.6 Å². The molecule has 1 heterocycles. The average Bonchev–Trinajstić information content (AvgIpc) is 2.42. The van der Waals surface area contributed by atoms with Crippen LogP contribution >= 0.6 is 0 Å². The Morgan fingerprint density at radius 3 is 2.58 bits per heavy atom. The van der Waals surface area contributed by atoms with E-state index in [-0.39, 0.29) is 18.2 Å². The van der Waals surface area contributed by atoms with Crippen LogP contribution in [0.3, 0.4) is 0 Å². The fourth-order valence-corrected chi connectivity index (χ4v) is 3.05. The Labute approximate surface area is 115 Å². The second-order valence-corrected chi connectivity index (χ2v) is 5.59. The maximum atomic E-state index is 11.6. The van der Waals surface area contributed by atoms with Gasteiger partial charge in [0, 0.05) is 25.2 Å². The minimum atomic E-state index is -0.197. The van der Waals surface area contributed by atoms with Crippen LogP contribution in [0.2, 0.25) is 0 Å². The van der Waals surface area contributed by atoms with Crippen molar-refractivity contribution in [2.75, 3.05) is 19.7 Å². The van der Waals surface area contributed by atoms with Gasteiger partial charge in [-0.25, -0.2) is 4.79 Å². The number of aliphatic hydroxyl groups excluding tert-OH is 1. The topological polar surface area (TPSA) is 61.8 Å². The fourth-order valence-electron chi connectivity index (χ4n) is 3.05. The molecule has 0 radical (unpaired) electrons. The minimum absolute atomic E-state index is 0.196. The Balaban J connectivity index is 1.72. The minimum Gasteiger partial charge on any atom is -0.450 e. The summed E-state index contributed by atoms with van der Waals surface area (Å²) in [6.45, 7) is 3.76. The molecule has 0 aromatic rings. The summed E-state index contributed by atoms with van der Waals surface area (Å²) in [5.74, 6) is 0. The van der Waals surface area contributed by atoms with Crippen molar-refractivity contribution < 1.29 is 14.6 Å². The largest absolute Gasteiger partial charge is 0.450 e. The van der Waals surface area contributed by atoms with E-state index in [2.05, 4.69) is 5.32 Å². The molecule has 2 aliphatic rings. The van der Waals surface area contributed by atoms with E-state index in [1.54, 1.807) is 4.90 Å². The number of ether oxygens (including phenoxy) is 1. The number of piperidine rings is 1. The Bertz CT molecular complexity index is 290. The zero-order chi connectivity index (χ0) is 13.7. The van der Waals surface area contributed by atoms with Crippen molar-refractivity contribution >= 4 is 6.09 Å². The highest BCUT2D eigenvalue weighted by atomic mass is 16.6. The lowest BCUT2D eigenvalue weighted by atomic mass is 9.91. The number of carbonyl (C=O) groups excluding carboxylic acids is 1. The van der Waals surface area contributed by atoms with Gasteiger partial charge in [0.25, 0.3) is 0 Å². The number of hydrogen-bond acceptors (Lipinski definition) is 4. The first kappa shape index (κ1) is 14.6. The molecule has 1 aliphatic heterocycles. The van der Waals surface area contributed by atoms with Crippen LogP contribution < -0.4 is 5.32 Å². The van der Waals surface area contributed by atoms with Gasteiger partial charge >= 0.3 is 6.09 Å². The molecule has 19 heavy (non-hydrogen) atoms. The monoisotopic (exact) mass is 270 g/mol. The number of likely N-dealkylation sites (tertiary alicyclic amines) is 1. The van der Waals surface area contributed by atoms with E-state index in [1.165, 1.54) is 6.42 Å². The van der Waals surface area contributed by atoms with Crippen LogP contribution in [0.4, 0.5) is 4.79 Å². The van der Waals surface area contributed by atoms with Gasteiger partial charge in [0.1, 0.15) is 0 Å². The zero-order valence-electron chi connectivity index (χ0n) is 11.8. The number of carbonyl (C=O) groups is 1. The lowest BCUT2D eigenvalue weighted by Gasteiger charge is -2.36. The van der Waals surface area contributed by atoms with Gasteiger partial charge in [-0.2, -0.15) is 0 Å². The Morgan fingerprint density at radius 1 is 1.26 bits per heavy atom. The smallest absolute Gasteiger partial charge is 0.409 e. The van der Waals surface area contributed by atoms with E-state index >= 15 is 0 Å². The maximum absolute atomic E-state index is 11.6. The normalized spacial score (nSPS) is 29.3. The van der Waals surface area contributed by atoms with Crippen LogP contribution in [0.25, 0.3) is 0 Å². The molecule has 2 atom stereocenters. The van der Waals surface area contributed by atoms with Crippen molar-refractivity contribution in [3.05, 3.63) is 0 Å². The summed E-state index contributed by atoms with van der Waals surface area (Å²) in [4.78, 5) is 13.4. The zero-order valence-corrected chi connectivity index (χ0v) is 11.8. The van der Waals surface area contributed by atoms with Crippen LogP contribution in [-0.4, -0.2) is 54.0 Å². The molecule has 0 aromatic heterocycles. The molecule has 1 saturated carbocycles. The van der Waals surface area contributed by atoms with Crippen LogP contribution in [0, 0.1) is 0 Å². The Morgan fingerprint density at radius 2 is 1.95 bits per heavy atom. The molecular formula is C14H26N2O3. The van der Waals surface area contributed by atoms with Gasteiger partial charge in [-0.05, 0) is 32.6 Å². The summed E-state index contributed by atoms with van der Waals surface area (Å²) in [5.41, 5.74) is 0. The molecule has 0 bridgehead atoms. The van der Waals surface area contributed by atoms with Gasteiger partial charge in [-0.3, -0.25) is 0 Å². The molecule has 5 nitrogen and oxygen atoms in total. The van der Waals surface area contributed by atoms with Crippen molar-refractivity contribution in [3.63, 3.8) is 0 Å². The summed E-state index contributed by atoms with van der Waals surface area (Å²) in [5, 5.41) is 13.5. The van der Waals surface area contributed by atoms with Crippen molar-refractivity contribution in [2.24, 2.45) is 0 Å². The lowest BCUT2D eigenvalue weighted by Crippen LogP contribution is -2.51. The van der Waals surface area contributed by atoms with E-state index in [9.17, 15) is 9.90 Å². The van der Waals surface area contributed by atoms with E-state index in [0.717, 1.165) is 45.2 Å². The Hall–Kier alpha value is -0.810. The number of nitrogens with one attached hydrogen (secondary N) is 1. The number of amides is 1. The molecule has 1 aliphatic carbocycles. The maximum Gasteiger partial charge on any atom is 0.409 e. The summed E-state index contributed by atoms with van der Waals surface area (Å²) in [6, 6.07) is 0.663. The van der Waals surface area contributed by atoms with Gasteiger partial charge in [0.2, 0.25) is 0 Å². The molecule has 2 N–H and O–H groups in total. The first-order valence-electron chi connectivity index (χ1n) is 7.56. The molecule has 2 rings (SSSR count). The first-order chi connectivity index (χ1) is 9.20. The molecule has 0 spiro atoms. The van der Waals surface area contributed by atoms with Crippen molar-refractivity contribution in [1.82, 2.24) is 10.2 Å². The van der Waals surface area contributed by atoms with Gasteiger partial charge in [-0.1, -0.05) is 12.8 Å². The van der Waals surface area contributed by atoms with Crippen LogP contribution in [0.15, 0.2) is 0 Å². The second kappa shape index (κ2) is 7.10. The first-order valence-corrected chi connectivity index (χ1v) is 7.56. The molecule has 0 unspecified atom stereocenters. The van der Waals surface area contributed by atoms with Gasteiger partial charge in [0.15, 0.2) is 0 Å². The van der Waals surface area contributed by atoms with Gasteiger partial charge in [0.05, 0.1) is 12.7 Å². The number of rotatable bonds is 3. The molecule has 1 saturated heterocycles. The van der Waals surface area contributed by atoms with Crippen molar-refractivity contribution in [3.8, 4) is 0 Å². The van der Waals surface area contributed by atoms with Gasteiger partial charge < -0.3 is 20.1 Å². The van der Waals surface area contributed by atoms with Gasteiger partial charge in [-0.15, -0.1) is 0 Å². The summed E-state index contributed by atoms with van der Waals surface area (Å²) >= 11 is 0. The predicted molar refractivity (Wildman–Crippen MR) is 73.0 cm³/mol. The molecular weight excluding hydrogens is 244 g/mol. The summed E-state index contributed by atoms with van der Waals surface area (Å²) < 4.78 is 5.01. The highest BCUT2D eigenvalue weighted by Gasteiger charge is 2.28. The van der Waals surface area contributed by atoms with Crippen LogP contribution in [0.1, 0.15) is 45.4 Å². The third-order valence-corrected chi connectivity index (χ3v) is 4.20. The number of aliphatic hydroxyl groups is 1. The SMILES string of the molecule is CCOC(=O)N1CCC(N[C@@H]2CCCC[C@H]2O)CC1. The third kappa shape index (κ3) is 4.08. The number of hydrogen-bond donors (Lipinski definition) is 2. The van der Waals surface area contributed by atoms with E-state index < -0.39 is 0 Å². The lowest BCUT2D eigenvalue weighted by molar-refractivity contribution is 0.0700. The molecule has 0 aromatic carbocycles. The van der Waals surface area contributed by atoms with Crippen LogP contribution in [-0.2, 0) is 4.74 Å². The molecule has 5 heteroatoms. The summed E-state index contributed by atoms with van der Waals surface area (Å²) in [6.07, 6.45) is 5.83. The highest BCUT2D eigenvalue weighted by molar-refractivity contribution is 5.67. The fraction of sp³-hybridized carbons (Fsp3) is 0.929. The van der Waals surface area contributed by atoms with E-state index in [4.69, 9.17) is 4.74 Å². The number of nitrogens with zero attached hydrogens (tertiary/aromatic N) is 1. The van der Waals surface area contributed by atoms with Crippen molar-refractivity contribution in [1.29, 1.82) is 0 Å². The molecule has 1 amide bonds. The molecule has 2 fully saturated rings. The predicted octanol–water partition coefficient (Wildman–Crippen LogP) is 1.50. The van der Waals surface area contributed by atoms with Crippen LogP contribution in [0.5, 0.6) is 0 Å². The average molecular weight is 270 g/mol. The quantitative estimate of drug-likeness (QED) is 0.816. The summed E-state index contributed by atoms with van der Waals surface area (Å²) in [7, 11) is 0. The molecule has 110 valence electrons. The third-order valence-electron chi connectivity index (χ3n) is 4.20. The van der Waals surface area contributed by atoms with E-state index in [1.807, 2.05) is 6.92 Å².